The third kappa shape index (κ3) is 4.09. The zero-order valence-corrected chi connectivity index (χ0v) is 19.1. The maximum absolute atomic E-state index is 9.71. The van der Waals surface area contributed by atoms with E-state index >= 15 is 0 Å². The fourth-order valence-corrected chi connectivity index (χ4v) is 4.52. The molecule has 5 aromatic rings. The van der Waals surface area contributed by atoms with E-state index in [1.807, 2.05) is 57.3 Å². The smallest absolute Gasteiger partial charge is 0.193 e. The largest absolute Gasteiger partial charge is 0.491 e. The summed E-state index contributed by atoms with van der Waals surface area (Å²) in [7, 11) is 0. The van der Waals surface area contributed by atoms with Crippen molar-refractivity contribution in [1.29, 1.82) is 0 Å². The molecule has 0 spiro atoms. The van der Waals surface area contributed by atoms with Crippen molar-refractivity contribution in [2.24, 2.45) is 5.73 Å². The van der Waals surface area contributed by atoms with Crippen molar-refractivity contribution in [2.45, 2.75) is 31.5 Å². The lowest BCUT2D eigenvalue weighted by atomic mass is 10.2. The van der Waals surface area contributed by atoms with E-state index in [2.05, 4.69) is 15.4 Å². The molecular formula is C23H24N8O2S. The average Bonchev–Trinajstić information content (AvgIpc) is 3.26. The van der Waals surface area contributed by atoms with Crippen LogP contribution in [0.4, 0.5) is 5.82 Å². The number of nitrogens with zero attached hydrogens (tertiary/aromatic N) is 6. The number of thiazole rings is 1. The normalized spacial score (nSPS) is 14.6. The van der Waals surface area contributed by atoms with Crippen LogP contribution in [0.2, 0.25) is 0 Å². The van der Waals surface area contributed by atoms with Gasteiger partial charge in [-0.15, -0.1) is 11.3 Å². The fourth-order valence-electron chi connectivity index (χ4n) is 3.80. The third-order valence-electron chi connectivity index (χ3n) is 5.73. The van der Waals surface area contributed by atoms with Crippen LogP contribution in [0.1, 0.15) is 24.6 Å². The van der Waals surface area contributed by atoms with Crippen molar-refractivity contribution in [3.8, 4) is 17.1 Å². The van der Waals surface area contributed by atoms with Crippen LogP contribution in [0.3, 0.4) is 0 Å². The Morgan fingerprint density at radius 1 is 1.26 bits per heavy atom. The number of aliphatic hydroxyl groups is 1. The van der Waals surface area contributed by atoms with Crippen LogP contribution in [0.15, 0.2) is 48.2 Å². The Bertz CT molecular complexity index is 1430. The molecule has 4 N–H and O–H groups in total. The van der Waals surface area contributed by atoms with Gasteiger partial charge in [0.2, 0.25) is 0 Å². The van der Waals surface area contributed by atoms with Crippen molar-refractivity contribution in [3.63, 3.8) is 0 Å². The number of hydrogen-bond acceptors (Lipinski definition) is 9. The number of benzene rings is 1. The summed E-state index contributed by atoms with van der Waals surface area (Å²) in [5, 5.41) is 20.7. The molecule has 1 atom stereocenters. The maximum Gasteiger partial charge on any atom is 0.193 e. The van der Waals surface area contributed by atoms with E-state index in [9.17, 15) is 5.11 Å². The van der Waals surface area contributed by atoms with E-state index in [1.165, 1.54) is 0 Å². The number of ether oxygens (including phenoxy) is 1. The summed E-state index contributed by atoms with van der Waals surface area (Å²) in [4.78, 5) is 15.3. The Morgan fingerprint density at radius 2 is 2.18 bits per heavy atom. The highest BCUT2D eigenvalue weighted by atomic mass is 32.1. The number of imidazole rings is 1. The minimum atomic E-state index is -0.710. The van der Waals surface area contributed by atoms with Crippen LogP contribution in [-0.4, -0.2) is 53.5 Å². The molecule has 1 fully saturated rings. The maximum atomic E-state index is 9.71. The summed E-state index contributed by atoms with van der Waals surface area (Å²) < 4.78 is 9.70. The molecule has 34 heavy (non-hydrogen) atoms. The quantitative estimate of drug-likeness (QED) is 0.296. The van der Waals surface area contributed by atoms with E-state index in [0.29, 0.717) is 30.0 Å². The van der Waals surface area contributed by atoms with Crippen molar-refractivity contribution < 1.29 is 9.84 Å². The number of anilines is 1. The molecule has 1 aromatic carbocycles. The lowest BCUT2D eigenvalue weighted by molar-refractivity contribution is 0.114. The van der Waals surface area contributed by atoms with Gasteiger partial charge in [0.25, 0.3) is 0 Å². The van der Waals surface area contributed by atoms with Crippen LogP contribution in [0.25, 0.3) is 27.4 Å². The van der Waals surface area contributed by atoms with Gasteiger partial charge in [0.15, 0.2) is 16.4 Å². The van der Waals surface area contributed by atoms with Crippen LogP contribution >= 0.6 is 11.3 Å². The van der Waals surface area contributed by atoms with E-state index in [4.69, 9.17) is 20.4 Å². The van der Waals surface area contributed by atoms with Gasteiger partial charge in [0.05, 0.1) is 29.9 Å². The molecule has 1 saturated carbocycles. The summed E-state index contributed by atoms with van der Waals surface area (Å²) in [6, 6.07) is 7.92. The second kappa shape index (κ2) is 8.67. The van der Waals surface area contributed by atoms with Crippen molar-refractivity contribution in [2.75, 3.05) is 18.5 Å². The predicted molar refractivity (Wildman–Crippen MR) is 130 cm³/mol. The topological polar surface area (TPSA) is 128 Å². The highest BCUT2D eigenvalue weighted by Crippen LogP contribution is 2.37. The predicted octanol–water partition coefficient (Wildman–Crippen LogP) is 2.85. The van der Waals surface area contributed by atoms with Gasteiger partial charge in [-0.1, -0.05) is 12.1 Å². The van der Waals surface area contributed by atoms with Gasteiger partial charge in [-0.25, -0.2) is 19.6 Å². The number of aromatic nitrogens is 6. The van der Waals surface area contributed by atoms with E-state index in [0.717, 1.165) is 40.1 Å². The van der Waals surface area contributed by atoms with E-state index < -0.39 is 6.10 Å². The lowest BCUT2D eigenvalue weighted by Gasteiger charge is -2.12. The molecule has 10 nitrogen and oxygen atoms in total. The average molecular weight is 477 g/mol. The van der Waals surface area contributed by atoms with E-state index in [-0.39, 0.29) is 13.2 Å². The van der Waals surface area contributed by atoms with Crippen LogP contribution < -0.4 is 15.8 Å². The number of aliphatic hydroxyl groups excluding tert-OH is 1. The molecule has 11 heteroatoms. The number of fused-ring (bicyclic) bond motifs is 2. The van der Waals surface area contributed by atoms with Crippen molar-refractivity contribution in [1.82, 2.24) is 29.1 Å². The van der Waals surface area contributed by atoms with Gasteiger partial charge < -0.3 is 20.9 Å². The summed E-state index contributed by atoms with van der Waals surface area (Å²) >= 11 is 1.60. The number of nitrogens with one attached hydrogen (secondary N) is 1. The molecule has 1 unspecified atom stereocenters. The standard InChI is InChI=1S/C23H24N8O2S/c24-9-17(32)13-33-18-3-1-2-14(8-18)20-28-21(19-11-26-31(16-4-5-16)22(19)29-20)25-10-15-12-30-6-7-34-23(30)27-15/h1-3,6-8,11-12,16-17,32H,4-5,9-10,13,24H2,(H,25,28,29). The van der Waals surface area contributed by atoms with Gasteiger partial charge in [0, 0.05) is 29.9 Å². The highest BCUT2D eigenvalue weighted by Gasteiger charge is 2.28. The first-order chi connectivity index (χ1) is 16.7. The third-order valence-corrected chi connectivity index (χ3v) is 6.50. The Labute approximate surface area is 199 Å². The first-order valence-electron chi connectivity index (χ1n) is 11.2. The van der Waals surface area contributed by atoms with Gasteiger partial charge in [0.1, 0.15) is 24.3 Å². The molecule has 0 bridgehead atoms. The Kier molecular flexibility index (Phi) is 5.36. The second-order valence-electron chi connectivity index (χ2n) is 8.36. The van der Waals surface area contributed by atoms with Crippen molar-refractivity contribution >= 4 is 33.1 Å². The van der Waals surface area contributed by atoms with Gasteiger partial charge in [-0.2, -0.15) is 5.10 Å². The lowest BCUT2D eigenvalue weighted by Crippen LogP contribution is -2.26. The second-order valence-corrected chi connectivity index (χ2v) is 9.23. The molecule has 1 aliphatic rings. The molecule has 0 aliphatic heterocycles. The Morgan fingerprint density at radius 3 is 3.00 bits per heavy atom. The summed E-state index contributed by atoms with van der Waals surface area (Å²) in [6.45, 7) is 0.812. The highest BCUT2D eigenvalue weighted by molar-refractivity contribution is 7.15. The van der Waals surface area contributed by atoms with E-state index in [1.54, 1.807) is 11.3 Å². The first kappa shape index (κ1) is 21.0. The number of hydrogen-bond donors (Lipinski definition) is 3. The molecule has 0 amide bonds. The molecule has 6 rings (SSSR count). The van der Waals surface area contributed by atoms with Crippen LogP contribution in [0.5, 0.6) is 5.75 Å². The Balaban J connectivity index is 1.34. The zero-order valence-electron chi connectivity index (χ0n) is 18.3. The Hall–Kier alpha value is -3.54. The van der Waals surface area contributed by atoms with Crippen molar-refractivity contribution in [3.05, 3.63) is 53.9 Å². The zero-order chi connectivity index (χ0) is 23.1. The number of rotatable bonds is 9. The first-order valence-corrected chi connectivity index (χ1v) is 12.1. The summed E-state index contributed by atoms with van der Waals surface area (Å²) in [6.07, 6.45) is 7.35. The summed E-state index contributed by atoms with van der Waals surface area (Å²) in [5.41, 5.74) is 8.04. The molecule has 174 valence electrons. The molecule has 1 aliphatic carbocycles. The SMILES string of the molecule is NCC(O)COc1cccc(-c2nc(NCc3cn4ccsc4n3)c3cnn(C4CC4)c3n2)c1. The molecule has 0 radical (unpaired) electrons. The molecule has 0 saturated heterocycles. The van der Waals surface area contributed by atoms with Crippen LogP contribution in [-0.2, 0) is 6.54 Å². The van der Waals surface area contributed by atoms with Crippen LogP contribution in [0, 0.1) is 0 Å². The van der Waals surface area contributed by atoms with Gasteiger partial charge >= 0.3 is 0 Å². The minimum Gasteiger partial charge on any atom is -0.491 e. The minimum absolute atomic E-state index is 0.128. The monoisotopic (exact) mass is 476 g/mol. The van der Waals surface area contributed by atoms with Gasteiger partial charge in [-0.05, 0) is 25.0 Å². The van der Waals surface area contributed by atoms with Gasteiger partial charge in [-0.3, -0.25) is 4.40 Å². The summed E-state index contributed by atoms with van der Waals surface area (Å²) in [5.74, 6) is 1.91. The molecular weight excluding hydrogens is 452 g/mol. The molecule has 4 aromatic heterocycles. The molecule has 4 heterocycles. The number of nitrogens with two attached hydrogens (primary N) is 1. The fraction of sp³-hybridized carbons (Fsp3) is 0.304.